The molecular weight excluding hydrogens is 542 g/mol. The molecule has 34 heavy (non-hydrogen) atoms. The van der Waals surface area contributed by atoms with Gasteiger partial charge in [0, 0.05) is 12.5 Å². The second kappa shape index (κ2) is 8.87. The number of carbonyl (C=O) groups excluding carboxylic acids is 1. The van der Waals surface area contributed by atoms with Crippen molar-refractivity contribution in [1.82, 2.24) is 0 Å². The quantitative estimate of drug-likeness (QED) is 0.161. The number of carbonyl (C=O) groups is 1. The average molecular weight is 550 g/mol. The molecule has 0 N–H and O–H groups in total. The van der Waals surface area contributed by atoms with E-state index in [0.29, 0.717) is 0 Å². The topological polar surface area (TPSA) is 26.3 Å². The molecule has 0 heterocycles. The zero-order valence-corrected chi connectivity index (χ0v) is 15.4. The number of halogens is 18. The molecule has 0 aliphatic heterocycles. The van der Waals surface area contributed by atoms with Crippen LogP contribution in [0.2, 0.25) is 0 Å². The molecule has 0 aromatic heterocycles. The largest absolute Gasteiger partial charge is 0.473 e. The van der Waals surface area contributed by atoms with Crippen molar-refractivity contribution in [3.05, 3.63) is 12.7 Å². The van der Waals surface area contributed by atoms with E-state index in [2.05, 4.69) is 11.3 Å². The Hall–Kier alpha value is -2.05. The van der Waals surface area contributed by atoms with Gasteiger partial charge in [-0.25, -0.2) is 9.18 Å². The molecular formula is C14H8F18O2. The van der Waals surface area contributed by atoms with Crippen LogP contribution in [0.5, 0.6) is 0 Å². The first-order chi connectivity index (χ1) is 14.6. The van der Waals surface area contributed by atoms with Crippen LogP contribution in [0, 0.1) is 0 Å². The number of hydrogen-bond acceptors (Lipinski definition) is 2. The zero-order chi connectivity index (χ0) is 28.0. The average Bonchev–Trinajstić information content (AvgIpc) is 2.63. The summed E-state index contributed by atoms with van der Waals surface area (Å²) in [5.41, 5.74) is 0. The van der Waals surface area contributed by atoms with Crippen molar-refractivity contribution in [3.63, 3.8) is 0 Å². The van der Waals surface area contributed by atoms with Crippen LogP contribution in [0.4, 0.5) is 79.0 Å². The molecule has 20 heteroatoms. The van der Waals surface area contributed by atoms with Crippen molar-refractivity contribution in [2.45, 2.75) is 66.8 Å². The number of alkyl halides is 18. The summed E-state index contributed by atoms with van der Waals surface area (Å²) in [4.78, 5) is 10.5. The summed E-state index contributed by atoms with van der Waals surface area (Å²) >= 11 is 0. The highest BCUT2D eigenvalue weighted by atomic mass is 19.4. The lowest BCUT2D eigenvalue weighted by molar-refractivity contribution is -0.462. The second-order valence-corrected chi connectivity index (χ2v) is 6.26. The zero-order valence-electron chi connectivity index (χ0n) is 15.4. The minimum atomic E-state index is -8.61. The third-order valence-corrected chi connectivity index (χ3v) is 3.83. The first-order valence-corrected chi connectivity index (χ1v) is 7.79. The predicted molar refractivity (Wildman–Crippen MR) is 71.1 cm³/mol. The van der Waals surface area contributed by atoms with Gasteiger partial charge in [-0.2, -0.15) is 74.6 Å². The Morgan fingerprint density at radius 3 is 1.38 bits per heavy atom. The van der Waals surface area contributed by atoms with Gasteiger partial charge in [0.15, 0.2) is 6.17 Å². The first-order valence-electron chi connectivity index (χ1n) is 7.79. The highest BCUT2D eigenvalue weighted by Crippen LogP contribution is 2.63. The van der Waals surface area contributed by atoms with Crippen molar-refractivity contribution in [3.8, 4) is 0 Å². The van der Waals surface area contributed by atoms with Crippen molar-refractivity contribution >= 4 is 5.97 Å². The molecule has 0 saturated carbocycles. The van der Waals surface area contributed by atoms with Gasteiger partial charge in [0.2, 0.25) is 0 Å². The van der Waals surface area contributed by atoms with E-state index >= 15 is 0 Å². The fourth-order valence-electron chi connectivity index (χ4n) is 1.88. The van der Waals surface area contributed by atoms with Gasteiger partial charge in [-0.05, 0) is 6.42 Å². The van der Waals surface area contributed by atoms with E-state index in [1.165, 1.54) is 0 Å². The number of esters is 1. The van der Waals surface area contributed by atoms with E-state index in [-0.39, 0.29) is 0 Å². The fourth-order valence-corrected chi connectivity index (χ4v) is 1.88. The third-order valence-electron chi connectivity index (χ3n) is 3.83. The highest BCUT2D eigenvalue weighted by Gasteiger charge is 2.94. The summed E-state index contributed by atoms with van der Waals surface area (Å²) in [6.07, 6.45) is -23.9. The van der Waals surface area contributed by atoms with E-state index in [1.54, 1.807) is 0 Å². The van der Waals surface area contributed by atoms with E-state index in [4.69, 9.17) is 0 Å². The molecule has 0 radical (unpaired) electrons. The van der Waals surface area contributed by atoms with Crippen molar-refractivity contribution in [1.29, 1.82) is 0 Å². The molecule has 0 amide bonds. The van der Waals surface area contributed by atoms with Gasteiger partial charge in [0.25, 0.3) is 0 Å². The maximum atomic E-state index is 13.5. The Kier molecular flexibility index (Phi) is 8.33. The van der Waals surface area contributed by atoms with Crippen LogP contribution in [0.25, 0.3) is 0 Å². The minimum absolute atomic E-state index is 0.466. The van der Waals surface area contributed by atoms with Gasteiger partial charge in [-0.15, -0.1) is 0 Å². The third kappa shape index (κ3) is 4.99. The molecule has 1 atom stereocenters. The maximum Gasteiger partial charge on any atom is 0.473 e. The smallest absolute Gasteiger partial charge is 0.393 e. The predicted octanol–water partition coefficient (Wildman–Crippen LogP) is 6.80. The Morgan fingerprint density at radius 1 is 0.676 bits per heavy atom. The number of rotatable bonds is 11. The van der Waals surface area contributed by atoms with Crippen LogP contribution < -0.4 is 0 Å². The summed E-state index contributed by atoms with van der Waals surface area (Å²) in [5.74, 6) is -51.9. The number of ether oxygens (including phenoxy) is 1. The van der Waals surface area contributed by atoms with Crippen LogP contribution in [0.15, 0.2) is 12.7 Å². The number of hydrogen-bond donors (Lipinski definition) is 0. The molecule has 2 nitrogen and oxygen atoms in total. The van der Waals surface area contributed by atoms with Gasteiger partial charge < -0.3 is 4.74 Å². The first kappa shape index (κ1) is 31.9. The summed E-state index contributed by atoms with van der Waals surface area (Å²) < 4.78 is 239. The molecule has 0 aromatic rings. The van der Waals surface area contributed by atoms with E-state index in [0.717, 1.165) is 0 Å². The summed E-state index contributed by atoms with van der Waals surface area (Å²) in [5, 5.41) is 0. The van der Waals surface area contributed by atoms with Crippen LogP contribution in [-0.4, -0.2) is 60.0 Å². The lowest BCUT2D eigenvalue weighted by Gasteiger charge is -2.42. The fraction of sp³-hybridized carbons (Fsp3) is 0.786. The van der Waals surface area contributed by atoms with Crippen molar-refractivity contribution in [2.24, 2.45) is 0 Å². The Morgan fingerprint density at radius 2 is 1.03 bits per heavy atom. The standard InChI is InChI=1S/C14H8F18O2/c1-2-6(33)34-14(31,32)13(29,30)12(27,28)11(25,26)10(23,24)9(21,22)8(19,20)5(15)3-4-7(16,17)18/h2,5H,1,3-4H2. The maximum absolute atomic E-state index is 13.5. The lowest BCUT2D eigenvalue weighted by atomic mass is 9.88. The van der Waals surface area contributed by atoms with Crippen LogP contribution >= 0.6 is 0 Å². The Balaban J connectivity index is 6.51. The molecule has 0 aliphatic rings. The lowest BCUT2D eigenvalue weighted by Crippen LogP contribution is -2.74. The van der Waals surface area contributed by atoms with Gasteiger partial charge in [-0.1, -0.05) is 6.58 Å². The van der Waals surface area contributed by atoms with Crippen LogP contribution in [-0.2, 0) is 9.53 Å². The molecule has 0 aliphatic carbocycles. The molecule has 0 rings (SSSR count). The summed E-state index contributed by atoms with van der Waals surface area (Å²) in [6, 6.07) is 0. The SMILES string of the molecule is C=CC(=O)OC(F)(F)C(F)(F)C(F)(F)C(F)(F)C(F)(F)C(F)(F)C(F)(F)C(F)CCC(F)(F)F. The van der Waals surface area contributed by atoms with Gasteiger partial charge >= 0.3 is 53.8 Å². The monoisotopic (exact) mass is 550 g/mol. The molecule has 0 bridgehead atoms. The molecule has 1 unspecified atom stereocenters. The van der Waals surface area contributed by atoms with Gasteiger partial charge in [0.05, 0.1) is 0 Å². The van der Waals surface area contributed by atoms with E-state index in [9.17, 15) is 83.8 Å². The summed E-state index contributed by atoms with van der Waals surface area (Å²) in [6.45, 7) is 2.29. The molecule has 0 fully saturated rings. The molecule has 0 spiro atoms. The Labute approximate surface area is 175 Å². The van der Waals surface area contributed by atoms with Gasteiger partial charge in [0.1, 0.15) is 0 Å². The summed E-state index contributed by atoms with van der Waals surface area (Å²) in [7, 11) is 0. The van der Waals surface area contributed by atoms with E-state index in [1.807, 2.05) is 0 Å². The normalized spacial score (nSPS) is 16.3. The Bertz CT molecular complexity index is 752. The molecule has 202 valence electrons. The van der Waals surface area contributed by atoms with Crippen molar-refractivity contribution < 1.29 is 88.6 Å². The van der Waals surface area contributed by atoms with Gasteiger partial charge in [-0.3, -0.25) is 0 Å². The van der Waals surface area contributed by atoms with Crippen molar-refractivity contribution in [2.75, 3.05) is 0 Å². The highest BCUT2D eigenvalue weighted by molar-refractivity contribution is 5.81. The van der Waals surface area contributed by atoms with Crippen LogP contribution in [0.1, 0.15) is 12.8 Å². The van der Waals surface area contributed by atoms with Crippen LogP contribution in [0.3, 0.4) is 0 Å². The van der Waals surface area contributed by atoms with E-state index < -0.39 is 78.9 Å². The molecule has 0 aromatic carbocycles. The molecule has 0 saturated heterocycles. The minimum Gasteiger partial charge on any atom is -0.393 e. The second-order valence-electron chi connectivity index (χ2n) is 6.26.